The molecule has 0 N–H and O–H groups in total. The zero-order valence-corrected chi connectivity index (χ0v) is 11.8. The van der Waals surface area contributed by atoms with Crippen LogP contribution in [-0.2, 0) is 0 Å². The molecule has 0 spiro atoms. The highest BCUT2D eigenvalue weighted by Crippen LogP contribution is 2.36. The van der Waals surface area contributed by atoms with Gasteiger partial charge in [0.25, 0.3) is 0 Å². The molecular weight excluding hydrogens is 232 g/mol. The van der Waals surface area contributed by atoms with Crippen molar-refractivity contribution in [2.24, 2.45) is 11.8 Å². The summed E-state index contributed by atoms with van der Waals surface area (Å²) in [5.74, 6) is 1.36. The molecule has 100 valence electrons. The molecule has 0 aromatic carbocycles. The van der Waals surface area contributed by atoms with Crippen molar-refractivity contribution in [3.63, 3.8) is 0 Å². The largest absolute Gasteiger partial charge is 0.283 e. The summed E-state index contributed by atoms with van der Waals surface area (Å²) in [6.07, 6.45) is 14.4. The Balaban J connectivity index is 1.64. The average Bonchev–Trinajstić information content (AvgIpc) is 2.37. The Kier molecular flexibility index (Phi) is 2.58. The molecule has 6 atom stereocenters. The van der Waals surface area contributed by atoms with Crippen LogP contribution in [-0.4, -0.2) is 41.6 Å². The van der Waals surface area contributed by atoms with Gasteiger partial charge in [-0.2, -0.15) is 0 Å². The maximum absolute atomic E-state index is 2.66. The number of hydrogen-bond acceptors (Lipinski definition) is 2. The summed E-state index contributed by atoms with van der Waals surface area (Å²) < 4.78 is 0. The molecule has 2 aliphatic heterocycles. The van der Waals surface area contributed by atoms with Gasteiger partial charge in [-0.1, -0.05) is 47.6 Å². The summed E-state index contributed by atoms with van der Waals surface area (Å²) in [5, 5.41) is 0. The maximum Gasteiger partial charge on any atom is 0.0518 e. The van der Waals surface area contributed by atoms with E-state index in [0.717, 1.165) is 6.67 Å². The van der Waals surface area contributed by atoms with E-state index in [1.54, 1.807) is 0 Å². The average molecular weight is 254 g/mol. The number of allylic oxidation sites excluding steroid dienone is 4. The smallest absolute Gasteiger partial charge is 0.0518 e. The minimum absolute atomic E-state index is 0.625. The Hall–Kier alpha value is -1.12. The van der Waals surface area contributed by atoms with Crippen LogP contribution in [0.15, 0.2) is 47.6 Å². The number of hydrogen-bond donors (Lipinski definition) is 0. The molecule has 4 aliphatic rings. The molecule has 2 fully saturated rings. The van der Waals surface area contributed by atoms with E-state index in [9.17, 15) is 0 Å². The van der Waals surface area contributed by atoms with Crippen LogP contribution in [0.2, 0.25) is 0 Å². The van der Waals surface area contributed by atoms with Crippen LogP contribution in [0.25, 0.3) is 0 Å². The molecule has 19 heavy (non-hydrogen) atoms. The van der Waals surface area contributed by atoms with E-state index in [1.807, 2.05) is 0 Å². The fourth-order valence-corrected chi connectivity index (χ4v) is 4.20. The van der Waals surface area contributed by atoms with Gasteiger partial charge in [-0.05, 0) is 13.8 Å². The van der Waals surface area contributed by atoms with Gasteiger partial charge in [0.15, 0.2) is 0 Å². The molecule has 2 heterocycles. The molecule has 0 amide bonds. The quantitative estimate of drug-likeness (QED) is 0.655. The van der Waals surface area contributed by atoms with Crippen LogP contribution >= 0.6 is 0 Å². The first kappa shape index (κ1) is 11.7. The van der Waals surface area contributed by atoms with Gasteiger partial charge in [0.05, 0.1) is 6.67 Å². The lowest BCUT2D eigenvalue weighted by Crippen LogP contribution is -2.64. The van der Waals surface area contributed by atoms with E-state index in [1.165, 1.54) is 24.2 Å². The Morgan fingerprint density at radius 1 is 0.842 bits per heavy atom. The van der Waals surface area contributed by atoms with Crippen LogP contribution in [0.3, 0.4) is 0 Å². The lowest BCUT2D eigenvalue weighted by Gasteiger charge is -2.54. The normalized spacial score (nSPS) is 47.1. The van der Waals surface area contributed by atoms with Crippen LogP contribution in [0.4, 0.5) is 0 Å². The van der Waals surface area contributed by atoms with Gasteiger partial charge in [0.2, 0.25) is 0 Å². The Bertz CT molecular complexity index is 465. The van der Waals surface area contributed by atoms with E-state index in [0.29, 0.717) is 23.9 Å². The molecule has 2 heteroatoms. The highest BCUT2D eigenvalue weighted by Gasteiger charge is 2.42. The minimum Gasteiger partial charge on any atom is -0.283 e. The number of rotatable bonds is 0. The van der Waals surface area contributed by atoms with E-state index in [4.69, 9.17) is 0 Å². The van der Waals surface area contributed by atoms with Gasteiger partial charge >= 0.3 is 0 Å². The lowest BCUT2D eigenvalue weighted by atomic mass is 9.81. The molecule has 4 rings (SSSR count). The Morgan fingerprint density at radius 2 is 1.32 bits per heavy atom. The molecule has 0 aromatic heterocycles. The second-order valence-electron chi connectivity index (χ2n) is 6.53. The molecule has 2 bridgehead atoms. The second-order valence-corrected chi connectivity index (χ2v) is 6.53. The third kappa shape index (κ3) is 1.86. The molecular formula is C17H22N2. The van der Waals surface area contributed by atoms with E-state index in [-0.39, 0.29) is 0 Å². The van der Waals surface area contributed by atoms with Crippen molar-refractivity contribution in [3.8, 4) is 0 Å². The molecule has 0 radical (unpaired) electrons. The second kappa shape index (κ2) is 4.19. The summed E-state index contributed by atoms with van der Waals surface area (Å²) in [6, 6.07) is 1.25. The molecule has 0 saturated carbocycles. The van der Waals surface area contributed by atoms with Gasteiger partial charge in [-0.25, -0.2) is 0 Å². The van der Waals surface area contributed by atoms with Crippen molar-refractivity contribution in [2.45, 2.75) is 25.9 Å². The zero-order valence-electron chi connectivity index (χ0n) is 11.8. The summed E-state index contributed by atoms with van der Waals surface area (Å²) >= 11 is 0. The first-order valence-corrected chi connectivity index (χ1v) is 7.42. The Labute approximate surface area is 115 Å². The Morgan fingerprint density at radius 3 is 1.79 bits per heavy atom. The highest BCUT2D eigenvalue weighted by molar-refractivity contribution is 5.31. The van der Waals surface area contributed by atoms with E-state index in [2.05, 4.69) is 60.1 Å². The van der Waals surface area contributed by atoms with Gasteiger partial charge in [-0.15, -0.1) is 0 Å². The monoisotopic (exact) mass is 254 g/mol. The predicted octanol–water partition coefficient (Wildman–Crippen LogP) is 2.58. The predicted molar refractivity (Wildman–Crippen MR) is 78.6 cm³/mol. The summed E-state index contributed by atoms with van der Waals surface area (Å²) in [6.45, 7) is 7.99. The molecule has 2 aliphatic carbocycles. The van der Waals surface area contributed by atoms with Gasteiger partial charge in [0.1, 0.15) is 0 Å². The van der Waals surface area contributed by atoms with Crippen molar-refractivity contribution in [3.05, 3.63) is 47.6 Å². The summed E-state index contributed by atoms with van der Waals surface area (Å²) in [4.78, 5) is 5.33. The van der Waals surface area contributed by atoms with Crippen molar-refractivity contribution in [2.75, 3.05) is 19.8 Å². The van der Waals surface area contributed by atoms with E-state index < -0.39 is 0 Å². The fourth-order valence-electron chi connectivity index (χ4n) is 4.20. The third-order valence-electron chi connectivity index (χ3n) is 5.04. The first-order valence-electron chi connectivity index (χ1n) is 7.42. The van der Waals surface area contributed by atoms with E-state index >= 15 is 0 Å². The topological polar surface area (TPSA) is 6.48 Å². The van der Waals surface area contributed by atoms with Gasteiger partial charge in [0, 0.05) is 37.0 Å². The van der Waals surface area contributed by atoms with Gasteiger partial charge < -0.3 is 0 Å². The van der Waals surface area contributed by atoms with Crippen molar-refractivity contribution >= 4 is 0 Å². The van der Waals surface area contributed by atoms with Crippen LogP contribution in [0.1, 0.15) is 13.8 Å². The number of nitrogens with zero attached hydrogens (tertiary/aromatic N) is 2. The van der Waals surface area contributed by atoms with Crippen molar-refractivity contribution in [1.82, 2.24) is 9.80 Å². The zero-order chi connectivity index (χ0) is 13.0. The maximum atomic E-state index is 2.66. The fraction of sp³-hybridized carbons (Fsp3) is 0.529. The van der Waals surface area contributed by atoms with Crippen molar-refractivity contribution in [1.29, 1.82) is 0 Å². The third-order valence-corrected chi connectivity index (χ3v) is 5.04. The number of fused-ring (bicyclic) bond motifs is 6. The highest BCUT2D eigenvalue weighted by atomic mass is 15.4. The van der Waals surface area contributed by atoms with Gasteiger partial charge in [-0.3, -0.25) is 9.80 Å². The SMILES string of the molecule is CC1=CC2CN3CN(CC4C=C(C)C=CC43)C2C=C1. The van der Waals surface area contributed by atoms with Crippen LogP contribution in [0.5, 0.6) is 0 Å². The van der Waals surface area contributed by atoms with Crippen LogP contribution < -0.4 is 0 Å². The molecule has 6 unspecified atom stereocenters. The molecule has 2 nitrogen and oxygen atoms in total. The standard InChI is InChI=1S/C17H22N2/c1-12-3-5-16-14(7-12)9-18-11-19(16)10-15-8-13(2)4-6-17(15)18/h3-8,14-17H,9-11H2,1-2H3. The summed E-state index contributed by atoms with van der Waals surface area (Å²) in [5.41, 5.74) is 2.85. The van der Waals surface area contributed by atoms with Crippen molar-refractivity contribution < 1.29 is 0 Å². The lowest BCUT2D eigenvalue weighted by molar-refractivity contribution is -0.0437. The molecule has 0 aromatic rings. The molecule has 2 saturated heterocycles. The first-order chi connectivity index (χ1) is 9.20. The minimum atomic E-state index is 0.625. The summed E-state index contributed by atoms with van der Waals surface area (Å²) in [7, 11) is 0. The van der Waals surface area contributed by atoms with Crippen LogP contribution in [0, 0.1) is 11.8 Å².